The molecule has 132 valence electrons. The molecule has 8 nitrogen and oxygen atoms in total. The Labute approximate surface area is 142 Å². The maximum atomic E-state index is 11.8. The van der Waals surface area contributed by atoms with Crippen LogP contribution in [0.1, 0.15) is 6.42 Å². The Kier molecular flexibility index (Phi) is 5.42. The van der Waals surface area contributed by atoms with E-state index in [0.717, 1.165) is 6.42 Å². The minimum absolute atomic E-state index is 0.00458. The maximum absolute atomic E-state index is 11.8. The lowest BCUT2D eigenvalue weighted by molar-refractivity contribution is 0.0644. The van der Waals surface area contributed by atoms with Crippen molar-refractivity contribution in [3.05, 3.63) is 45.1 Å². The molecule has 1 aromatic rings. The summed E-state index contributed by atoms with van der Waals surface area (Å²) in [6.45, 7) is 2.22. The number of benzene rings is 1. The van der Waals surface area contributed by atoms with E-state index in [1.165, 1.54) is 0 Å². The fourth-order valence-corrected chi connectivity index (χ4v) is 2.31. The monoisotopic (exact) mass is 346 g/mol. The molecule has 3 rings (SSSR count). The summed E-state index contributed by atoms with van der Waals surface area (Å²) in [5, 5.41) is 0.716. The van der Waals surface area contributed by atoms with Gasteiger partial charge in [-0.3, -0.25) is 9.78 Å². The van der Waals surface area contributed by atoms with Gasteiger partial charge in [-0.05, 0) is 18.2 Å². The standard InChI is InChI=1S/C17H18N2O6/c1-22-7-8-23-5-2-6-24-12-4-3-11-9-13-15(20)18-17(21)19-16(13)25-14(11)10-12/h3-4,9-10H,2,5-8H2,1H3,(H,18,20,21). The quantitative estimate of drug-likeness (QED) is 0.486. The van der Waals surface area contributed by atoms with E-state index in [1.54, 1.807) is 31.4 Å². The van der Waals surface area contributed by atoms with E-state index in [-0.39, 0.29) is 11.5 Å². The number of ether oxygens (including phenoxy) is 3. The molecule has 1 N–H and O–H groups in total. The van der Waals surface area contributed by atoms with Crippen LogP contribution in [-0.4, -0.2) is 43.5 Å². The third-order valence-corrected chi connectivity index (χ3v) is 3.52. The third-order valence-electron chi connectivity index (χ3n) is 3.52. The van der Waals surface area contributed by atoms with Gasteiger partial charge in [-0.15, -0.1) is 0 Å². The number of fused-ring (bicyclic) bond motifs is 2. The topological polar surface area (TPSA) is 104 Å². The summed E-state index contributed by atoms with van der Waals surface area (Å²) < 4.78 is 21.5. The van der Waals surface area contributed by atoms with Crippen LogP contribution in [0.5, 0.6) is 5.75 Å². The van der Waals surface area contributed by atoms with E-state index in [4.69, 9.17) is 18.6 Å². The highest BCUT2D eigenvalue weighted by Crippen LogP contribution is 2.26. The normalized spacial score (nSPS) is 11.2. The number of aromatic nitrogens is 2. The number of hydrogen-bond donors (Lipinski definition) is 1. The van der Waals surface area contributed by atoms with Gasteiger partial charge in [0.1, 0.15) is 16.9 Å². The number of methoxy groups -OCH3 is 1. The maximum Gasteiger partial charge on any atom is 0.351 e. The number of H-pyrrole nitrogens is 1. The van der Waals surface area contributed by atoms with Gasteiger partial charge in [0.25, 0.3) is 5.56 Å². The van der Waals surface area contributed by atoms with Gasteiger partial charge in [0, 0.05) is 31.6 Å². The minimum Gasteiger partial charge on any atom is -0.493 e. The molecule has 0 spiro atoms. The zero-order valence-electron chi connectivity index (χ0n) is 13.7. The van der Waals surface area contributed by atoms with Gasteiger partial charge in [-0.25, -0.2) is 4.79 Å². The van der Waals surface area contributed by atoms with Crippen LogP contribution in [0, 0.1) is 0 Å². The summed E-state index contributed by atoms with van der Waals surface area (Å²) in [7, 11) is 1.63. The second kappa shape index (κ2) is 7.91. The van der Waals surface area contributed by atoms with E-state index < -0.39 is 11.2 Å². The second-order valence-electron chi connectivity index (χ2n) is 5.34. The number of hydrogen-bond acceptors (Lipinski definition) is 7. The molecule has 25 heavy (non-hydrogen) atoms. The Morgan fingerprint density at radius 2 is 2.00 bits per heavy atom. The van der Waals surface area contributed by atoms with Crippen molar-refractivity contribution < 1.29 is 18.6 Å². The zero-order chi connectivity index (χ0) is 17.6. The van der Waals surface area contributed by atoms with Crippen LogP contribution >= 0.6 is 0 Å². The number of nitrogens with zero attached hydrogens (tertiary/aromatic N) is 1. The molecule has 2 aliphatic heterocycles. The predicted octanol–water partition coefficient (Wildman–Crippen LogP) is 1.41. The lowest BCUT2D eigenvalue weighted by Crippen LogP contribution is -2.24. The fourth-order valence-electron chi connectivity index (χ4n) is 2.31. The molecular weight excluding hydrogens is 328 g/mol. The van der Waals surface area contributed by atoms with E-state index in [1.807, 2.05) is 0 Å². The van der Waals surface area contributed by atoms with Crippen LogP contribution in [0.25, 0.3) is 22.4 Å². The van der Waals surface area contributed by atoms with Crippen molar-refractivity contribution in [2.75, 3.05) is 33.5 Å². The van der Waals surface area contributed by atoms with Crippen molar-refractivity contribution in [3.8, 4) is 17.2 Å². The average molecular weight is 346 g/mol. The van der Waals surface area contributed by atoms with Crippen LogP contribution in [0.4, 0.5) is 0 Å². The molecule has 2 aliphatic rings. The SMILES string of the molecule is COCCOCCCOc1ccc2cc3c(=O)[nH]c(=O)nc-3oc2c1. The van der Waals surface area contributed by atoms with Gasteiger partial charge in [-0.1, -0.05) is 0 Å². The molecule has 0 saturated carbocycles. The van der Waals surface area contributed by atoms with Crippen LogP contribution in [0.15, 0.2) is 38.3 Å². The highest BCUT2D eigenvalue weighted by Gasteiger charge is 2.14. The molecule has 0 amide bonds. The Bertz CT molecular complexity index is 932. The average Bonchev–Trinajstić information content (AvgIpc) is 2.59. The van der Waals surface area contributed by atoms with Gasteiger partial charge < -0.3 is 18.6 Å². The molecular formula is C17H18N2O6. The van der Waals surface area contributed by atoms with E-state index in [0.29, 0.717) is 43.1 Å². The van der Waals surface area contributed by atoms with Crippen molar-refractivity contribution in [1.82, 2.24) is 9.97 Å². The summed E-state index contributed by atoms with van der Waals surface area (Å²) in [5.41, 5.74) is -0.538. The molecule has 0 atom stereocenters. The Morgan fingerprint density at radius 3 is 2.84 bits per heavy atom. The lowest BCUT2D eigenvalue weighted by atomic mass is 10.1. The number of nitrogens with one attached hydrogen (secondary N) is 1. The van der Waals surface area contributed by atoms with Gasteiger partial charge in [0.15, 0.2) is 0 Å². The van der Waals surface area contributed by atoms with Gasteiger partial charge in [0.2, 0.25) is 5.89 Å². The fraction of sp³-hybridized carbons (Fsp3) is 0.353. The van der Waals surface area contributed by atoms with E-state index in [9.17, 15) is 9.59 Å². The highest BCUT2D eigenvalue weighted by atomic mass is 16.5. The first kappa shape index (κ1) is 17.1. The Morgan fingerprint density at radius 1 is 1.12 bits per heavy atom. The molecule has 8 heteroatoms. The number of aromatic amines is 1. The van der Waals surface area contributed by atoms with Gasteiger partial charge in [0.05, 0.1) is 19.8 Å². The molecule has 0 aromatic heterocycles. The van der Waals surface area contributed by atoms with Crippen LogP contribution in [0.2, 0.25) is 0 Å². The summed E-state index contributed by atoms with van der Waals surface area (Å²) in [4.78, 5) is 28.9. The zero-order valence-corrected chi connectivity index (χ0v) is 13.7. The second-order valence-corrected chi connectivity index (χ2v) is 5.34. The van der Waals surface area contributed by atoms with Crippen molar-refractivity contribution in [2.45, 2.75) is 6.42 Å². The molecule has 0 radical (unpaired) electrons. The Hall–Kier alpha value is -2.71. The van der Waals surface area contributed by atoms with Crippen LogP contribution in [0.3, 0.4) is 0 Å². The molecule has 0 saturated heterocycles. The summed E-state index contributed by atoms with van der Waals surface area (Å²) in [5.74, 6) is 0.629. The molecule has 0 aliphatic carbocycles. The smallest absolute Gasteiger partial charge is 0.351 e. The summed E-state index contributed by atoms with van der Waals surface area (Å²) in [6.07, 6.45) is 0.743. The lowest BCUT2D eigenvalue weighted by Gasteiger charge is -2.09. The van der Waals surface area contributed by atoms with E-state index >= 15 is 0 Å². The first-order chi connectivity index (χ1) is 12.2. The van der Waals surface area contributed by atoms with Crippen molar-refractivity contribution >= 4 is 11.0 Å². The molecule has 0 fully saturated rings. The van der Waals surface area contributed by atoms with Crippen molar-refractivity contribution in [1.29, 1.82) is 0 Å². The van der Waals surface area contributed by atoms with Gasteiger partial charge >= 0.3 is 5.69 Å². The third kappa shape index (κ3) is 4.23. The minimum atomic E-state index is -0.735. The van der Waals surface area contributed by atoms with Crippen molar-refractivity contribution in [3.63, 3.8) is 0 Å². The predicted molar refractivity (Wildman–Crippen MR) is 90.3 cm³/mol. The summed E-state index contributed by atoms with van der Waals surface area (Å²) in [6, 6.07) is 6.91. The first-order valence-electron chi connectivity index (χ1n) is 7.85. The Balaban J connectivity index is 1.70. The molecule has 0 unspecified atom stereocenters. The van der Waals surface area contributed by atoms with Crippen molar-refractivity contribution in [2.24, 2.45) is 0 Å². The summed E-state index contributed by atoms with van der Waals surface area (Å²) >= 11 is 0. The van der Waals surface area contributed by atoms with Gasteiger partial charge in [-0.2, -0.15) is 4.98 Å². The molecule has 0 bridgehead atoms. The van der Waals surface area contributed by atoms with Crippen LogP contribution in [-0.2, 0) is 9.47 Å². The largest absolute Gasteiger partial charge is 0.493 e. The number of rotatable bonds is 8. The first-order valence-corrected chi connectivity index (χ1v) is 7.85. The van der Waals surface area contributed by atoms with E-state index in [2.05, 4.69) is 9.97 Å². The van der Waals surface area contributed by atoms with Crippen LogP contribution < -0.4 is 16.0 Å². The highest BCUT2D eigenvalue weighted by molar-refractivity contribution is 5.82. The molecule has 2 heterocycles. The molecule has 1 aromatic carbocycles.